The first-order valence-corrected chi connectivity index (χ1v) is 6.71. The van der Waals surface area contributed by atoms with E-state index in [4.69, 9.17) is 10.6 Å². The van der Waals surface area contributed by atoms with Crippen molar-refractivity contribution in [2.24, 2.45) is 5.84 Å². The second kappa shape index (κ2) is 5.86. The molecule has 1 amide bonds. The number of nitrogens with one attached hydrogen (secondary N) is 1. The maximum absolute atomic E-state index is 11.4. The van der Waals surface area contributed by atoms with Crippen LogP contribution in [0.25, 0.3) is 0 Å². The van der Waals surface area contributed by atoms with Gasteiger partial charge in [0.05, 0.1) is 4.88 Å². The smallest absolute Gasteiger partial charge is 0.275 e. The molecule has 100 valence electrons. The van der Waals surface area contributed by atoms with Gasteiger partial charge >= 0.3 is 0 Å². The first-order chi connectivity index (χ1) is 9.10. The van der Waals surface area contributed by atoms with E-state index in [1.165, 1.54) is 16.9 Å². The summed E-state index contributed by atoms with van der Waals surface area (Å²) in [4.78, 5) is 13.1. The average molecular weight is 276 g/mol. The third-order valence-electron chi connectivity index (χ3n) is 2.79. The van der Waals surface area contributed by atoms with Gasteiger partial charge in [0, 0.05) is 10.4 Å². The van der Waals surface area contributed by atoms with Crippen LogP contribution in [0.2, 0.25) is 0 Å². The zero-order valence-corrected chi connectivity index (χ0v) is 11.7. The first-order valence-electron chi connectivity index (χ1n) is 5.90. The molecule has 0 spiro atoms. The minimum absolute atomic E-state index is 0.269. The number of benzene rings is 1. The molecule has 0 atom stereocenters. The summed E-state index contributed by atoms with van der Waals surface area (Å²) in [6.45, 7) is 4.44. The van der Waals surface area contributed by atoms with Gasteiger partial charge in [-0.1, -0.05) is 17.7 Å². The van der Waals surface area contributed by atoms with E-state index in [9.17, 15) is 4.79 Å². The Hall–Kier alpha value is -1.85. The average Bonchev–Trinajstić information content (AvgIpc) is 2.79. The zero-order chi connectivity index (χ0) is 13.8. The van der Waals surface area contributed by atoms with Gasteiger partial charge < -0.3 is 4.74 Å². The molecule has 0 aliphatic carbocycles. The van der Waals surface area contributed by atoms with Crippen LogP contribution in [0.5, 0.6) is 5.75 Å². The molecule has 0 aliphatic heterocycles. The fourth-order valence-electron chi connectivity index (χ4n) is 1.64. The maximum Gasteiger partial charge on any atom is 0.275 e. The molecule has 0 unspecified atom stereocenters. The Morgan fingerprint density at radius 1 is 1.32 bits per heavy atom. The van der Waals surface area contributed by atoms with Crippen LogP contribution in [0.3, 0.4) is 0 Å². The Morgan fingerprint density at radius 3 is 2.63 bits per heavy atom. The van der Waals surface area contributed by atoms with Crippen molar-refractivity contribution in [2.45, 2.75) is 20.5 Å². The number of nitrogen functional groups attached to an aromatic ring is 1. The Kier molecular flexibility index (Phi) is 4.19. The molecule has 2 rings (SSSR count). The lowest BCUT2D eigenvalue weighted by Crippen LogP contribution is -2.29. The molecule has 3 N–H and O–H groups in total. The van der Waals surface area contributed by atoms with Gasteiger partial charge in [-0.15, -0.1) is 11.3 Å². The Morgan fingerprint density at radius 2 is 2.00 bits per heavy atom. The van der Waals surface area contributed by atoms with Crippen LogP contribution in [0.1, 0.15) is 25.7 Å². The van der Waals surface area contributed by atoms with Crippen LogP contribution >= 0.6 is 11.3 Å². The van der Waals surface area contributed by atoms with E-state index in [1.807, 2.05) is 44.2 Å². The summed E-state index contributed by atoms with van der Waals surface area (Å²) in [5, 5.41) is 0. The zero-order valence-electron chi connectivity index (χ0n) is 10.9. The predicted octanol–water partition coefficient (Wildman–Crippen LogP) is 2.55. The highest BCUT2D eigenvalue weighted by atomic mass is 32.1. The largest absolute Gasteiger partial charge is 0.489 e. The molecular formula is C14H16N2O2S. The summed E-state index contributed by atoms with van der Waals surface area (Å²) in [5.74, 6) is 5.67. The van der Waals surface area contributed by atoms with Crippen molar-refractivity contribution >= 4 is 17.2 Å². The van der Waals surface area contributed by atoms with Crippen molar-refractivity contribution in [1.29, 1.82) is 0 Å². The first kappa shape index (κ1) is 13.6. The van der Waals surface area contributed by atoms with Gasteiger partial charge in [0.1, 0.15) is 12.4 Å². The topological polar surface area (TPSA) is 64.3 Å². The maximum atomic E-state index is 11.4. The summed E-state index contributed by atoms with van der Waals surface area (Å²) in [7, 11) is 0. The highest BCUT2D eigenvalue weighted by molar-refractivity contribution is 7.14. The summed E-state index contributed by atoms with van der Waals surface area (Å²) in [5.41, 5.74) is 4.33. The molecule has 0 saturated carbocycles. The molecule has 2 aromatic rings. The summed E-state index contributed by atoms with van der Waals surface area (Å²) >= 11 is 1.41. The number of hydrogen-bond donors (Lipinski definition) is 2. The molecule has 0 bridgehead atoms. The van der Waals surface area contributed by atoms with Crippen LogP contribution in [0.15, 0.2) is 30.3 Å². The number of rotatable bonds is 4. The van der Waals surface area contributed by atoms with Crippen LogP contribution in [0, 0.1) is 13.8 Å². The molecule has 1 heterocycles. The van der Waals surface area contributed by atoms with Crippen molar-refractivity contribution in [3.05, 3.63) is 51.2 Å². The number of hydrazine groups is 1. The molecule has 1 aromatic carbocycles. The minimum atomic E-state index is -0.269. The molecule has 0 saturated heterocycles. The summed E-state index contributed by atoms with van der Waals surface area (Å²) in [6, 6.07) is 9.69. The van der Waals surface area contributed by atoms with E-state index >= 15 is 0 Å². The van der Waals surface area contributed by atoms with Crippen molar-refractivity contribution in [3.8, 4) is 5.75 Å². The van der Waals surface area contributed by atoms with Gasteiger partial charge in [-0.3, -0.25) is 10.2 Å². The van der Waals surface area contributed by atoms with Gasteiger partial charge in [-0.25, -0.2) is 5.84 Å². The Labute approximate surface area is 116 Å². The second-order valence-electron chi connectivity index (χ2n) is 4.27. The van der Waals surface area contributed by atoms with Crippen LogP contribution < -0.4 is 16.0 Å². The van der Waals surface area contributed by atoms with Gasteiger partial charge in [0.15, 0.2) is 0 Å². The highest BCUT2D eigenvalue weighted by Crippen LogP contribution is 2.23. The van der Waals surface area contributed by atoms with Gasteiger partial charge in [0.2, 0.25) is 0 Å². The van der Waals surface area contributed by atoms with Crippen molar-refractivity contribution in [3.63, 3.8) is 0 Å². The number of carbonyl (C=O) groups excluding carboxylic acids is 1. The summed E-state index contributed by atoms with van der Waals surface area (Å²) in [6.07, 6.45) is 0. The van der Waals surface area contributed by atoms with E-state index in [2.05, 4.69) is 5.43 Å². The number of carbonyl (C=O) groups is 1. The monoisotopic (exact) mass is 276 g/mol. The number of ether oxygens (including phenoxy) is 1. The van der Waals surface area contributed by atoms with Crippen molar-refractivity contribution in [2.75, 3.05) is 0 Å². The fraction of sp³-hybridized carbons (Fsp3) is 0.214. The van der Waals surface area contributed by atoms with E-state index < -0.39 is 0 Å². The van der Waals surface area contributed by atoms with Gasteiger partial charge in [-0.05, 0) is 32.0 Å². The highest BCUT2D eigenvalue weighted by Gasteiger charge is 2.11. The Bertz CT molecular complexity index is 576. The second-order valence-corrected chi connectivity index (χ2v) is 5.52. The quantitative estimate of drug-likeness (QED) is 0.512. The normalized spacial score (nSPS) is 10.3. The number of hydrogen-bond acceptors (Lipinski definition) is 4. The van der Waals surface area contributed by atoms with E-state index in [-0.39, 0.29) is 5.91 Å². The van der Waals surface area contributed by atoms with E-state index in [1.54, 1.807) is 0 Å². The molecule has 19 heavy (non-hydrogen) atoms. The number of nitrogens with two attached hydrogens (primary N) is 1. The van der Waals surface area contributed by atoms with E-state index in [0.717, 1.165) is 16.2 Å². The lowest BCUT2D eigenvalue weighted by molar-refractivity contribution is 0.0957. The Balaban J connectivity index is 2.05. The molecule has 4 nitrogen and oxygen atoms in total. The van der Waals surface area contributed by atoms with Crippen LogP contribution in [-0.2, 0) is 6.61 Å². The SMILES string of the molecule is Cc1ccc(OCc2cc(C(=O)NN)sc2C)cc1. The predicted molar refractivity (Wildman–Crippen MR) is 76.2 cm³/mol. The lowest BCUT2D eigenvalue weighted by Gasteiger charge is -2.05. The number of amides is 1. The molecule has 0 aliphatic rings. The fourth-order valence-corrected chi connectivity index (χ4v) is 2.57. The van der Waals surface area contributed by atoms with E-state index in [0.29, 0.717) is 11.5 Å². The molecule has 0 radical (unpaired) electrons. The van der Waals surface area contributed by atoms with Crippen molar-refractivity contribution in [1.82, 2.24) is 5.43 Å². The number of aryl methyl sites for hydroxylation is 2. The summed E-state index contributed by atoms with van der Waals surface area (Å²) < 4.78 is 5.70. The van der Waals surface area contributed by atoms with Crippen LogP contribution in [0.4, 0.5) is 0 Å². The lowest BCUT2D eigenvalue weighted by atomic mass is 10.2. The molecule has 5 heteroatoms. The van der Waals surface area contributed by atoms with Crippen molar-refractivity contribution < 1.29 is 9.53 Å². The van der Waals surface area contributed by atoms with Crippen LogP contribution in [-0.4, -0.2) is 5.91 Å². The standard InChI is InChI=1S/C14H16N2O2S/c1-9-3-5-12(6-4-9)18-8-11-7-13(14(17)16-15)19-10(11)2/h3-7H,8,15H2,1-2H3,(H,16,17). The third-order valence-corrected chi connectivity index (χ3v) is 3.88. The molecular weight excluding hydrogens is 260 g/mol. The minimum Gasteiger partial charge on any atom is -0.489 e. The third kappa shape index (κ3) is 3.33. The molecule has 0 fully saturated rings. The van der Waals surface area contributed by atoms with Gasteiger partial charge in [-0.2, -0.15) is 0 Å². The van der Waals surface area contributed by atoms with Gasteiger partial charge in [0.25, 0.3) is 5.91 Å². The number of thiophene rings is 1. The molecule has 1 aromatic heterocycles.